The Bertz CT molecular complexity index is 1030. The molecule has 3 aromatic rings. The van der Waals surface area contributed by atoms with Gasteiger partial charge < -0.3 is 4.90 Å². The van der Waals surface area contributed by atoms with Crippen LogP contribution in [0.4, 0.5) is 5.82 Å². The summed E-state index contributed by atoms with van der Waals surface area (Å²) in [5.41, 5.74) is 0.690. The van der Waals surface area contributed by atoms with Gasteiger partial charge in [0.25, 0.3) is 0 Å². The fraction of sp³-hybridized carbons (Fsp3) is 0.278. The molecule has 1 fully saturated rings. The minimum Gasteiger partial charge on any atom is -0.352 e. The molecule has 0 unspecified atom stereocenters. The molecule has 1 aromatic carbocycles. The van der Waals surface area contributed by atoms with Crippen LogP contribution in [0.2, 0.25) is 5.02 Å². The molecule has 3 heterocycles. The number of aromatic nitrogens is 4. The van der Waals surface area contributed by atoms with Crippen LogP contribution in [0.1, 0.15) is 5.56 Å². The van der Waals surface area contributed by atoms with Crippen molar-refractivity contribution < 1.29 is 8.42 Å². The highest BCUT2D eigenvalue weighted by Crippen LogP contribution is 2.19. The lowest BCUT2D eigenvalue weighted by Crippen LogP contribution is -2.49. The van der Waals surface area contributed by atoms with E-state index in [4.69, 9.17) is 11.6 Å². The van der Waals surface area contributed by atoms with E-state index >= 15 is 0 Å². The second kappa shape index (κ2) is 7.86. The van der Waals surface area contributed by atoms with Gasteiger partial charge in [-0.25, -0.2) is 13.1 Å². The first-order valence-corrected chi connectivity index (χ1v) is 10.8. The highest BCUT2D eigenvalue weighted by molar-refractivity contribution is 7.88. The molecule has 8 nitrogen and oxygen atoms in total. The molecule has 0 atom stereocenters. The molecule has 28 heavy (non-hydrogen) atoms. The van der Waals surface area contributed by atoms with E-state index in [-0.39, 0.29) is 5.75 Å². The summed E-state index contributed by atoms with van der Waals surface area (Å²) in [6.07, 6.45) is 3.48. The summed E-state index contributed by atoms with van der Waals surface area (Å²) >= 11 is 5.96. The van der Waals surface area contributed by atoms with Gasteiger partial charge in [-0.2, -0.15) is 9.40 Å². The number of halogens is 1. The minimum atomic E-state index is -3.39. The topological polar surface area (TPSA) is 84.2 Å². The van der Waals surface area contributed by atoms with Gasteiger partial charge in [-0.1, -0.05) is 23.7 Å². The average Bonchev–Trinajstić information content (AvgIpc) is 3.23. The summed E-state index contributed by atoms with van der Waals surface area (Å²) in [5.74, 6) is 1.31. The number of hydrogen-bond acceptors (Lipinski definition) is 6. The second-order valence-corrected chi connectivity index (χ2v) is 8.88. The molecule has 1 aliphatic rings. The van der Waals surface area contributed by atoms with Crippen LogP contribution in [0, 0.1) is 0 Å². The van der Waals surface area contributed by atoms with Crippen LogP contribution in [-0.2, 0) is 15.8 Å². The highest BCUT2D eigenvalue weighted by atomic mass is 35.5. The van der Waals surface area contributed by atoms with Crippen LogP contribution in [0.5, 0.6) is 0 Å². The zero-order valence-electron chi connectivity index (χ0n) is 15.0. The molecule has 0 radical (unpaired) electrons. The molecular formula is C18H19ClN6O2S. The maximum absolute atomic E-state index is 12.7. The van der Waals surface area contributed by atoms with Crippen molar-refractivity contribution in [1.82, 2.24) is 24.3 Å². The second-order valence-electron chi connectivity index (χ2n) is 6.47. The monoisotopic (exact) mass is 418 g/mol. The quantitative estimate of drug-likeness (QED) is 0.629. The third-order valence-electron chi connectivity index (χ3n) is 4.57. The SMILES string of the molecule is O=S(=O)(Cc1cccc(Cl)c1)N1CCN(c2ccc(-n3cccn3)nn2)CC1. The largest absolute Gasteiger partial charge is 0.352 e. The molecule has 0 N–H and O–H groups in total. The molecule has 0 spiro atoms. The average molecular weight is 419 g/mol. The van der Waals surface area contributed by atoms with E-state index in [2.05, 4.69) is 15.3 Å². The van der Waals surface area contributed by atoms with Gasteiger partial charge >= 0.3 is 0 Å². The van der Waals surface area contributed by atoms with Gasteiger partial charge in [0, 0.05) is 43.6 Å². The first-order valence-electron chi connectivity index (χ1n) is 8.82. The summed E-state index contributed by atoms with van der Waals surface area (Å²) < 4.78 is 28.6. The molecule has 146 valence electrons. The Balaban J connectivity index is 1.38. The van der Waals surface area contributed by atoms with Crippen LogP contribution in [0.15, 0.2) is 54.9 Å². The number of sulfonamides is 1. The van der Waals surface area contributed by atoms with E-state index in [0.717, 1.165) is 5.82 Å². The fourth-order valence-corrected chi connectivity index (χ4v) is 4.85. The third-order valence-corrected chi connectivity index (χ3v) is 6.65. The Kier molecular flexibility index (Phi) is 5.29. The summed E-state index contributed by atoms with van der Waals surface area (Å²) in [7, 11) is -3.39. The van der Waals surface area contributed by atoms with Crippen molar-refractivity contribution in [2.24, 2.45) is 0 Å². The molecule has 0 saturated carbocycles. The summed E-state index contributed by atoms with van der Waals surface area (Å²) in [6.45, 7) is 1.94. The van der Waals surface area contributed by atoms with Crippen molar-refractivity contribution in [3.63, 3.8) is 0 Å². The predicted molar refractivity (Wildman–Crippen MR) is 107 cm³/mol. The fourth-order valence-electron chi connectivity index (χ4n) is 3.14. The van der Waals surface area contributed by atoms with Crippen molar-refractivity contribution in [1.29, 1.82) is 0 Å². The Morgan fingerprint density at radius 2 is 1.71 bits per heavy atom. The smallest absolute Gasteiger partial charge is 0.218 e. The minimum absolute atomic E-state index is 0.0497. The normalized spacial score (nSPS) is 15.7. The zero-order chi connectivity index (χ0) is 19.6. The van der Waals surface area contributed by atoms with Crippen LogP contribution in [0.3, 0.4) is 0 Å². The summed E-state index contributed by atoms with van der Waals surface area (Å²) in [5, 5.41) is 13.1. The van der Waals surface area contributed by atoms with Crippen LogP contribution >= 0.6 is 11.6 Å². The van der Waals surface area contributed by atoms with Crippen LogP contribution in [0.25, 0.3) is 5.82 Å². The number of benzene rings is 1. The number of anilines is 1. The van der Waals surface area contributed by atoms with Gasteiger partial charge in [0.2, 0.25) is 10.0 Å². The predicted octanol–water partition coefficient (Wildman–Crippen LogP) is 1.97. The van der Waals surface area contributed by atoms with Gasteiger partial charge in [-0.15, -0.1) is 10.2 Å². The lowest BCUT2D eigenvalue weighted by Gasteiger charge is -2.34. The lowest BCUT2D eigenvalue weighted by atomic mass is 10.2. The van der Waals surface area contributed by atoms with E-state index in [1.807, 2.05) is 23.1 Å². The van der Waals surface area contributed by atoms with Crippen molar-refractivity contribution in [3.05, 3.63) is 65.4 Å². The standard InChI is InChI=1S/C18H19ClN6O2S/c19-16-4-1-3-15(13-16)14-28(26,27)24-11-9-23(10-12-24)17-5-6-18(22-21-17)25-8-2-7-20-25/h1-8,13H,9-12,14H2. The molecule has 0 amide bonds. The van der Waals surface area contributed by atoms with Crippen LogP contribution in [-0.4, -0.2) is 58.9 Å². The Hall–Kier alpha value is -2.49. The molecule has 4 rings (SSSR count). The van der Waals surface area contributed by atoms with E-state index in [1.54, 1.807) is 41.3 Å². The Morgan fingerprint density at radius 3 is 2.36 bits per heavy atom. The molecule has 2 aromatic heterocycles. The van der Waals surface area contributed by atoms with Crippen molar-refractivity contribution in [2.45, 2.75) is 5.75 Å². The first-order chi connectivity index (χ1) is 13.5. The third kappa shape index (κ3) is 4.16. The van der Waals surface area contributed by atoms with Crippen molar-refractivity contribution >= 4 is 27.4 Å². The first kappa shape index (κ1) is 18.9. The summed E-state index contributed by atoms with van der Waals surface area (Å²) in [4.78, 5) is 2.03. The molecule has 10 heteroatoms. The van der Waals surface area contributed by atoms with Crippen molar-refractivity contribution in [3.8, 4) is 5.82 Å². The number of hydrogen-bond donors (Lipinski definition) is 0. The van der Waals surface area contributed by atoms with Gasteiger partial charge in [0.15, 0.2) is 11.6 Å². The molecule has 1 saturated heterocycles. The molecule has 1 aliphatic heterocycles. The zero-order valence-corrected chi connectivity index (χ0v) is 16.6. The highest BCUT2D eigenvalue weighted by Gasteiger charge is 2.27. The lowest BCUT2D eigenvalue weighted by molar-refractivity contribution is 0.383. The van der Waals surface area contributed by atoms with E-state index in [1.165, 1.54) is 4.31 Å². The Labute approximate surface area is 168 Å². The van der Waals surface area contributed by atoms with E-state index in [9.17, 15) is 8.42 Å². The number of rotatable bonds is 5. The molecule has 0 bridgehead atoms. The summed E-state index contributed by atoms with van der Waals surface area (Å²) in [6, 6.07) is 12.5. The van der Waals surface area contributed by atoms with Gasteiger partial charge in [0.1, 0.15) is 0 Å². The Morgan fingerprint density at radius 1 is 0.964 bits per heavy atom. The van der Waals surface area contributed by atoms with Gasteiger partial charge in [-0.05, 0) is 35.9 Å². The number of nitrogens with zero attached hydrogens (tertiary/aromatic N) is 6. The van der Waals surface area contributed by atoms with Crippen LogP contribution < -0.4 is 4.90 Å². The maximum atomic E-state index is 12.7. The van der Waals surface area contributed by atoms with Gasteiger partial charge in [0.05, 0.1) is 5.75 Å². The number of piperazine rings is 1. The van der Waals surface area contributed by atoms with E-state index in [0.29, 0.717) is 42.6 Å². The van der Waals surface area contributed by atoms with Crippen molar-refractivity contribution in [2.75, 3.05) is 31.1 Å². The van der Waals surface area contributed by atoms with Gasteiger partial charge in [-0.3, -0.25) is 0 Å². The molecule has 0 aliphatic carbocycles. The molecular weight excluding hydrogens is 400 g/mol. The maximum Gasteiger partial charge on any atom is 0.218 e. The van der Waals surface area contributed by atoms with E-state index < -0.39 is 10.0 Å².